The number of rotatable bonds is 6. The second-order valence-electron chi connectivity index (χ2n) is 5.77. The van der Waals surface area contributed by atoms with Crippen molar-refractivity contribution < 1.29 is 4.74 Å². The Kier molecular flexibility index (Phi) is 5.25. The average molecular weight is 286 g/mol. The lowest BCUT2D eigenvalue weighted by atomic mass is 10.2. The van der Waals surface area contributed by atoms with Crippen molar-refractivity contribution in [3.05, 3.63) is 16.9 Å². The molecule has 1 fully saturated rings. The monoisotopic (exact) mass is 285 g/mol. The molecule has 0 amide bonds. The topological polar surface area (TPSA) is 39.1 Å². The van der Waals surface area contributed by atoms with E-state index in [-0.39, 0.29) is 6.10 Å². The van der Waals surface area contributed by atoms with E-state index in [2.05, 4.69) is 24.3 Å². The molecule has 0 aliphatic carbocycles. The molecular formula is C14H24ClN3O. The van der Waals surface area contributed by atoms with Crippen LogP contribution in [-0.2, 0) is 11.3 Å². The highest BCUT2D eigenvalue weighted by Gasteiger charge is 2.25. The maximum absolute atomic E-state index is 6.05. The zero-order valence-electron chi connectivity index (χ0n) is 12.0. The summed E-state index contributed by atoms with van der Waals surface area (Å²) in [5.41, 5.74) is 1.02. The summed E-state index contributed by atoms with van der Waals surface area (Å²) in [6.45, 7) is 9.24. The highest BCUT2D eigenvalue weighted by Crippen LogP contribution is 2.22. The molecule has 19 heavy (non-hydrogen) atoms. The molecule has 0 radical (unpaired) electrons. The molecule has 2 atom stereocenters. The van der Waals surface area contributed by atoms with Crippen LogP contribution in [0.5, 0.6) is 0 Å². The molecule has 1 aliphatic rings. The van der Waals surface area contributed by atoms with Crippen molar-refractivity contribution in [2.75, 3.05) is 13.1 Å². The van der Waals surface area contributed by atoms with Crippen molar-refractivity contribution in [1.29, 1.82) is 0 Å². The van der Waals surface area contributed by atoms with Crippen LogP contribution in [-0.4, -0.2) is 35.1 Å². The van der Waals surface area contributed by atoms with Gasteiger partial charge in [0.15, 0.2) is 0 Å². The molecule has 4 nitrogen and oxygen atoms in total. The summed E-state index contributed by atoms with van der Waals surface area (Å²) in [6.07, 6.45) is 4.54. The van der Waals surface area contributed by atoms with E-state index in [1.54, 1.807) is 6.20 Å². The van der Waals surface area contributed by atoms with E-state index >= 15 is 0 Å². The fraction of sp³-hybridized carbons (Fsp3) is 0.786. The molecule has 0 saturated carbocycles. The minimum absolute atomic E-state index is 0.264. The number of halogens is 1. The number of nitrogens with zero attached hydrogens (tertiary/aromatic N) is 2. The first-order valence-electron chi connectivity index (χ1n) is 7.10. The molecule has 0 bridgehead atoms. The van der Waals surface area contributed by atoms with Gasteiger partial charge in [-0.2, -0.15) is 5.10 Å². The van der Waals surface area contributed by atoms with Crippen LogP contribution in [0.15, 0.2) is 6.20 Å². The maximum Gasteiger partial charge on any atom is 0.0814 e. The van der Waals surface area contributed by atoms with Crippen LogP contribution in [0.4, 0.5) is 0 Å². The molecule has 5 heteroatoms. The van der Waals surface area contributed by atoms with Gasteiger partial charge in [0.05, 0.1) is 35.7 Å². The largest absolute Gasteiger partial charge is 0.372 e. The normalized spacial score (nSPS) is 23.4. The minimum Gasteiger partial charge on any atom is -0.372 e. The number of hydrogen-bond acceptors (Lipinski definition) is 3. The first kappa shape index (κ1) is 14.8. The van der Waals surface area contributed by atoms with Gasteiger partial charge in [-0.3, -0.25) is 4.68 Å². The quantitative estimate of drug-likeness (QED) is 0.873. The van der Waals surface area contributed by atoms with Crippen molar-refractivity contribution in [1.82, 2.24) is 15.1 Å². The number of ether oxygens (including phenoxy) is 1. The molecule has 2 heterocycles. The van der Waals surface area contributed by atoms with Gasteiger partial charge in [-0.1, -0.05) is 25.4 Å². The lowest BCUT2D eigenvalue weighted by Gasteiger charge is -2.16. The molecule has 1 saturated heterocycles. The Balaban J connectivity index is 1.74. The standard InChI is InChI=1S/C14H24ClN3O/c1-10(2)6-16-7-12-4-5-13(19-12)9-18-11(3)14(15)8-17-18/h8,10,12-13,16H,4-7,9H2,1-3H3. The summed E-state index contributed by atoms with van der Waals surface area (Å²) < 4.78 is 7.99. The van der Waals surface area contributed by atoms with E-state index in [4.69, 9.17) is 16.3 Å². The molecule has 2 unspecified atom stereocenters. The maximum atomic E-state index is 6.05. The molecule has 108 valence electrons. The van der Waals surface area contributed by atoms with Crippen LogP contribution in [0.25, 0.3) is 0 Å². The summed E-state index contributed by atoms with van der Waals surface area (Å²) in [5, 5.41) is 8.47. The lowest BCUT2D eigenvalue weighted by Crippen LogP contribution is -2.30. The van der Waals surface area contributed by atoms with Crippen molar-refractivity contribution in [2.45, 2.75) is 52.4 Å². The summed E-state index contributed by atoms with van der Waals surface area (Å²) in [4.78, 5) is 0. The average Bonchev–Trinajstić information content (AvgIpc) is 2.91. The van der Waals surface area contributed by atoms with Crippen LogP contribution < -0.4 is 5.32 Å². The van der Waals surface area contributed by atoms with Gasteiger partial charge >= 0.3 is 0 Å². The lowest BCUT2D eigenvalue weighted by molar-refractivity contribution is 0.0336. The van der Waals surface area contributed by atoms with Gasteiger partial charge in [-0.25, -0.2) is 0 Å². The van der Waals surface area contributed by atoms with Gasteiger partial charge in [-0.05, 0) is 32.2 Å². The predicted molar refractivity (Wildman–Crippen MR) is 77.6 cm³/mol. The second-order valence-corrected chi connectivity index (χ2v) is 6.18. The molecule has 0 spiro atoms. The van der Waals surface area contributed by atoms with Crippen molar-refractivity contribution in [3.8, 4) is 0 Å². The van der Waals surface area contributed by atoms with Crippen LogP contribution in [0, 0.1) is 12.8 Å². The summed E-state index contributed by atoms with van der Waals surface area (Å²) in [7, 11) is 0. The number of aromatic nitrogens is 2. The van der Waals surface area contributed by atoms with E-state index in [1.807, 2.05) is 11.6 Å². The SMILES string of the molecule is Cc1c(Cl)cnn1CC1CCC(CNCC(C)C)O1. The van der Waals surface area contributed by atoms with Crippen LogP contribution in [0.2, 0.25) is 5.02 Å². The third-order valence-electron chi connectivity index (χ3n) is 3.54. The molecule has 0 aromatic carbocycles. The highest BCUT2D eigenvalue weighted by molar-refractivity contribution is 6.31. The summed E-state index contributed by atoms with van der Waals surface area (Å²) >= 11 is 6.01. The van der Waals surface area contributed by atoms with Crippen LogP contribution in [0.3, 0.4) is 0 Å². The zero-order valence-corrected chi connectivity index (χ0v) is 12.8. The fourth-order valence-electron chi connectivity index (χ4n) is 2.40. The first-order valence-corrected chi connectivity index (χ1v) is 7.48. The molecular weight excluding hydrogens is 262 g/mol. The van der Waals surface area contributed by atoms with Crippen LogP contribution >= 0.6 is 11.6 Å². The Bertz CT molecular complexity index is 405. The van der Waals surface area contributed by atoms with E-state index < -0.39 is 0 Å². The predicted octanol–water partition coefficient (Wildman–Crippen LogP) is 2.64. The van der Waals surface area contributed by atoms with E-state index in [0.29, 0.717) is 12.0 Å². The Morgan fingerprint density at radius 2 is 2.21 bits per heavy atom. The third kappa shape index (κ3) is 4.20. The number of nitrogens with one attached hydrogen (secondary N) is 1. The van der Waals surface area contributed by atoms with Gasteiger partial charge in [0.2, 0.25) is 0 Å². The van der Waals surface area contributed by atoms with Crippen molar-refractivity contribution in [3.63, 3.8) is 0 Å². The van der Waals surface area contributed by atoms with Gasteiger partial charge in [-0.15, -0.1) is 0 Å². The van der Waals surface area contributed by atoms with Crippen LogP contribution in [0.1, 0.15) is 32.4 Å². The Hall–Kier alpha value is -0.580. The van der Waals surface area contributed by atoms with Gasteiger partial charge < -0.3 is 10.1 Å². The Labute approximate surface area is 120 Å². The zero-order chi connectivity index (χ0) is 13.8. The molecule has 1 aromatic heterocycles. The molecule has 1 aliphatic heterocycles. The molecule has 1 aromatic rings. The third-order valence-corrected chi connectivity index (χ3v) is 3.91. The van der Waals surface area contributed by atoms with E-state index in [0.717, 1.165) is 43.2 Å². The second kappa shape index (κ2) is 6.73. The number of hydrogen-bond donors (Lipinski definition) is 1. The summed E-state index contributed by atoms with van der Waals surface area (Å²) in [6, 6.07) is 0. The Morgan fingerprint density at radius 3 is 2.84 bits per heavy atom. The highest BCUT2D eigenvalue weighted by atomic mass is 35.5. The van der Waals surface area contributed by atoms with E-state index in [1.165, 1.54) is 0 Å². The van der Waals surface area contributed by atoms with Gasteiger partial charge in [0.25, 0.3) is 0 Å². The molecule has 2 rings (SSSR count). The smallest absolute Gasteiger partial charge is 0.0814 e. The van der Waals surface area contributed by atoms with Crippen molar-refractivity contribution in [2.24, 2.45) is 5.92 Å². The fourth-order valence-corrected chi connectivity index (χ4v) is 2.54. The molecule has 1 N–H and O–H groups in total. The van der Waals surface area contributed by atoms with Gasteiger partial charge in [0, 0.05) is 6.54 Å². The van der Waals surface area contributed by atoms with Crippen molar-refractivity contribution >= 4 is 11.6 Å². The minimum atomic E-state index is 0.264. The van der Waals surface area contributed by atoms with Gasteiger partial charge in [0.1, 0.15) is 0 Å². The first-order chi connectivity index (χ1) is 9.06. The Morgan fingerprint density at radius 1 is 1.47 bits per heavy atom. The summed E-state index contributed by atoms with van der Waals surface area (Å²) in [5.74, 6) is 0.686. The van der Waals surface area contributed by atoms with E-state index in [9.17, 15) is 0 Å².